The number of ketones is 1. The summed E-state index contributed by atoms with van der Waals surface area (Å²) in [5, 5.41) is 3.96. The third-order valence-electron chi connectivity index (χ3n) is 4.94. The van der Waals surface area contributed by atoms with Crippen LogP contribution in [0, 0.1) is 5.41 Å². The lowest BCUT2D eigenvalue weighted by Gasteiger charge is -2.16. The van der Waals surface area contributed by atoms with Crippen LogP contribution in [0.4, 0.5) is 17.1 Å². The van der Waals surface area contributed by atoms with E-state index in [1.807, 2.05) is 0 Å². The number of hydrogen-bond acceptors (Lipinski definition) is 6. The molecule has 36 heavy (non-hydrogen) atoms. The first-order chi connectivity index (χ1) is 16.7. The van der Waals surface area contributed by atoms with E-state index in [0.29, 0.717) is 22.1 Å². The van der Waals surface area contributed by atoms with Gasteiger partial charge in [0, 0.05) is 16.2 Å². The highest BCUT2D eigenvalue weighted by molar-refractivity contribution is 7.92. The topological polar surface area (TPSA) is 131 Å². The number of nitrogens with one attached hydrogen (secondary N) is 3. The number of rotatable bonds is 9. The van der Waals surface area contributed by atoms with Crippen LogP contribution in [0.5, 0.6) is 5.75 Å². The van der Waals surface area contributed by atoms with Gasteiger partial charge in [0.15, 0.2) is 0 Å². The summed E-state index contributed by atoms with van der Waals surface area (Å²) < 4.78 is 46.8. The average molecular weight is 552 g/mol. The summed E-state index contributed by atoms with van der Waals surface area (Å²) in [4.78, 5) is 24.4. The van der Waals surface area contributed by atoms with Gasteiger partial charge in [-0.05, 0) is 30.3 Å². The van der Waals surface area contributed by atoms with Crippen molar-refractivity contribution in [3.8, 4) is 5.75 Å². The molecule has 3 aromatic carbocycles. The van der Waals surface area contributed by atoms with Gasteiger partial charge >= 0.3 is 11.3 Å². The molecule has 0 fully saturated rings. The van der Waals surface area contributed by atoms with Crippen molar-refractivity contribution >= 4 is 72.4 Å². The Labute approximate surface area is 217 Å². The van der Waals surface area contributed by atoms with Gasteiger partial charge in [0.25, 0.3) is 0 Å². The molecule has 192 valence electrons. The van der Waals surface area contributed by atoms with Crippen molar-refractivity contribution in [2.75, 3.05) is 21.0 Å². The summed E-state index contributed by atoms with van der Waals surface area (Å²) in [6, 6.07) is 14.5. The van der Waals surface area contributed by atoms with Crippen LogP contribution in [-0.2, 0) is 30.9 Å². The number of carbonyl (C=O) groups is 2. The number of halogens is 1. The van der Waals surface area contributed by atoms with Gasteiger partial charge in [-0.3, -0.25) is 19.0 Å². The number of fused-ring (bicyclic) bond motifs is 1. The molecule has 0 bridgehead atoms. The monoisotopic (exact) mass is 551 g/mol. The Balaban J connectivity index is 1.75. The summed E-state index contributed by atoms with van der Waals surface area (Å²) in [5.41, 5.74) is 0.297. The van der Waals surface area contributed by atoms with E-state index in [9.17, 15) is 22.2 Å². The Hall–Kier alpha value is -3.15. The zero-order chi connectivity index (χ0) is 26.7. The molecule has 0 saturated heterocycles. The zero-order valence-electron chi connectivity index (χ0n) is 20.0. The maximum atomic E-state index is 12.7. The van der Waals surface area contributed by atoms with Gasteiger partial charge in [-0.25, -0.2) is 8.42 Å². The molecular formula is C24H26ClN3O6S2. The quantitative estimate of drug-likeness (QED) is 0.325. The summed E-state index contributed by atoms with van der Waals surface area (Å²) >= 11 is 4.13. The molecule has 3 N–H and O–H groups in total. The lowest BCUT2D eigenvalue weighted by Crippen LogP contribution is -2.26. The summed E-state index contributed by atoms with van der Waals surface area (Å²) in [7, 11) is -3.50. The Kier molecular flexibility index (Phi) is 8.27. The molecule has 1 atom stereocenters. The highest BCUT2D eigenvalue weighted by atomic mass is 35.5. The fourth-order valence-electron chi connectivity index (χ4n) is 3.12. The number of sulfonamides is 1. The van der Waals surface area contributed by atoms with E-state index in [1.165, 1.54) is 24.3 Å². The van der Waals surface area contributed by atoms with Crippen molar-refractivity contribution in [1.82, 2.24) is 0 Å². The SMILES string of the molecule is CC(C)(C)C(=O)CC(=O)Nc1cc(NS(=O)Oc2ccc(NS(C)(=O)=O)c3ccccc23)ccc1Cl. The molecule has 12 heteroatoms. The van der Waals surface area contributed by atoms with Crippen LogP contribution in [0.3, 0.4) is 0 Å². The van der Waals surface area contributed by atoms with Crippen molar-refractivity contribution in [3.05, 3.63) is 59.6 Å². The molecule has 0 aliphatic carbocycles. The normalized spacial score (nSPS) is 12.6. The second-order valence-electron chi connectivity index (χ2n) is 9.04. The summed E-state index contributed by atoms with van der Waals surface area (Å²) in [6.45, 7) is 5.19. The van der Waals surface area contributed by atoms with E-state index in [-0.39, 0.29) is 28.7 Å². The summed E-state index contributed by atoms with van der Waals surface area (Å²) in [5.74, 6) is -0.468. The zero-order valence-corrected chi connectivity index (χ0v) is 22.4. The maximum Gasteiger partial charge on any atom is 0.316 e. The van der Waals surface area contributed by atoms with E-state index < -0.39 is 32.6 Å². The molecular weight excluding hydrogens is 526 g/mol. The Morgan fingerprint density at radius 2 is 1.67 bits per heavy atom. The van der Waals surface area contributed by atoms with Crippen molar-refractivity contribution in [1.29, 1.82) is 0 Å². The number of amides is 1. The Bertz CT molecular complexity index is 1450. The minimum Gasteiger partial charge on any atom is -0.384 e. The lowest BCUT2D eigenvalue weighted by molar-refractivity contribution is -0.130. The van der Waals surface area contributed by atoms with Gasteiger partial charge in [0.2, 0.25) is 15.9 Å². The fraction of sp³-hybridized carbons (Fsp3) is 0.250. The Morgan fingerprint density at radius 3 is 2.31 bits per heavy atom. The van der Waals surface area contributed by atoms with Crippen LogP contribution in [0.1, 0.15) is 27.2 Å². The van der Waals surface area contributed by atoms with Gasteiger partial charge in [-0.15, -0.1) is 0 Å². The van der Waals surface area contributed by atoms with Gasteiger partial charge in [0.05, 0.1) is 34.8 Å². The molecule has 0 aliphatic rings. The van der Waals surface area contributed by atoms with Crippen LogP contribution >= 0.6 is 11.6 Å². The number of carbonyl (C=O) groups excluding carboxylic acids is 2. The van der Waals surface area contributed by atoms with Gasteiger partial charge < -0.3 is 9.50 Å². The minimum absolute atomic E-state index is 0.218. The first-order valence-corrected chi connectivity index (χ1v) is 14.1. The molecule has 0 heterocycles. The Morgan fingerprint density at radius 1 is 1.00 bits per heavy atom. The molecule has 0 aliphatic heterocycles. The minimum atomic E-state index is -3.50. The van der Waals surface area contributed by atoms with Crippen molar-refractivity contribution < 1.29 is 26.4 Å². The highest BCUT2D eigenvalue weighted by Crippen LogP contribution is 2.33. The molecule has 0 saturated carbocycles. The first-order valence-electron chi connectivity index (χ1n) is 10.7. The molecule has 0 radical (unpaired) electrons. The van der Waals surface area contributed by atoms with E-state index in [0.717, 1.165) is 6.26 Å². The lowest BCUT2D eigenvalue weighted by atomic mass is 9.89. The van der Waals surface area contributed by atoms with Crippen molar-refractivity contribution in [2.45, 2.75) is 27.2 Å². The van der Waals surface area contributed by atoms with E-state index in [4.69, 9.17) is 15.8 Å². The van der Waals surface area contributed by atoms with E-state index in [1.54, 1.807) is 51.1 Å². The smallest absolute Gasteiger partial charge is 0.316 e. The standard InChI is InChI=1S/C24H26ClN3O6S2/c1-24(2,3)22(29)14-23(30)26-20-13-15(9-10-18(20)25)27-35(31)34-21-12-11-19(28-36(4,32)33)16-7-5-6-8-17(16)21/h5-13,27-28H,14H2,1-4H3,(H,26,30). The van der Waals surface area contributed by atoms with Crippen molar-refractivity contribution in [3.63, 3.8) is 0 Å². The highest BCUT2D eigenvalue weighted by Gasteiger charge is 2.24. The number of hydrogen-bond donors (Lipinski definition) is 3. The molecule has 0 spiro atoms. The molecule has 3 aromatic rings. The largest absolute Gasteiger partial charge is 0.384 e. The number of Topliss-reactive ketones (excluding diaryl/α,β-unsaturated/α-hetero) is 1. The molecule has 9 nitrogen and oxygen atoms in total. The predicted molar refractivity (Wildman–Crippen MR) is 144 cm³/mol. The van der Waals surface area contributed by atoms with E-state index >= 15 is 0 Å². The van der Waals surface area contributed by atoms with E-state index in [2.05, 4.69) is 14.8 Å². The number of anilines is 3. The maximum absolute atomic E-state index is 12.7. The molecule has 1 unspecified atom stereocenters. The van der Waals surface area contributed by atoms with Crippen molar-refractivity contribution in [2.24, 2.45) is 5.41 Å². The molecule has 3 rings (SSSR count). The van der Waals surface area contributed by atoms with Crippen LogP contribution < -0.4 is 18.9 Å². The average Bonchev–Trinajstić information content (AvgIpc) is 2.76. The van der Waals surface area contributed by atoms with Gasteiger partial charge in [-0.1, -0.05) is 56.6 Å². The second kappa shape index (κ2) is 10.9. The fourth-order valence-corrected chi connectivity index (χ4v) is 4.53. The van der Waals surface area contributed by atoms with Crippen LogP contribution in [-0.4, -0.2) is 30.6 Å². The first kappa shape index (κ1) is 27.4. The third kappa shape index (κ3) is 7.42. The number of benzene rings is 3. The second-order valence-corrected chi connectivity index (χ2v) is 12.0. The summed E-state index contributed by atoms with van der Waals surface area (Å²) in [6.07, 6.45) is 0.750. The van der Waals surface area contributed by atoms with Crippen LogP contribution in [0.2, 0.25) is 5.02 Å². The third-order valence-corrected chi connectivity index (χ3v) is 6.60. The van der Waals surface area contributed by atoms with Crippen LogP contribution in [0.15, 0.2) is 54.6 Å². The van der Waals surface area contributed by atoms with Crippen LogP contribution in [0.25, 0.3) is 10.8 Å². The molecule has 1 amide bonds. The van der Waals surface area contributed by atoms with Gasteiger partial charge in [0.1, 0.15) is 11.5 Å². The van der Waals surface area contributed by atoms with Gasteiger partial charge in [-0.2, -0.15) is 4.21 Å². The molecule has 0 aromatic heterocycles. The predicted octanol–water partition coefficient (Wildman–Crippen LogP) is 4.88.